The van der Waals surface area contributed by atoms with Crippen LogP contribution in [0.4, 0.5) is 30.6 Å². The summed E-state index contributed by atoms with van der Waals surface area (Å²) in [5, 5.41) is 32.9. The molecule has 0 bridgehead atoms. The number of hydrogen-bond acceptors (Lipinski definition) is 20. The highest BCUT2D eigenvalue weighted by atomic mass is 35.5. The number of benzene rings is 2. The van der Waals surface area contributed by atoms with Gasteiger partial charge in [0.2, 0.25) is 11.8 Å². The number of pyridine rings is 1. The van der Waals surface area contributed by atoms with Crippen LogP contribution in [0.15, 0.2) is 138 Å². The SMILES string of the molecule is C=C1/C=C\C=C(\C)CC2=C(C=C1OC(=O)N(CCCC[C@H](N)C(=O)O)CCN(C)C(=O)OCc1ccc(NC(=O)[C@H](CCCNC(N)=O)NC(=O)[C@@H](NC(=O)OCCOCCOCCOCCN3C(=O)C=CC3=O)C(C)C)cc1)N(C(=O)c1cc3cc(NC(=O)c4ccc(O)cc4)cnc3[nH]1)C[C@H]2CCl. The molecule has 4 heterocycles. The van der Waals surface area contributed by atoms with Crippen LogP contribution < -0.4 is 38.1 Å². The number of amides is 11. The third kappa shape index (κ3) is 25.5. The van der Waals surface area contributed by atoms with Crippen LogP contribution in [-0.2, 0) is 59.0 Å². The first kappa shape index (κ1) is 81.4. The third-order valence-corrected chi connectivity index (χ3v) is 17.1. The molecule has 2 aliphatic heterocycles. The Morgan fingerprint density at radius 2 is 1.49 bits per heavy atom. The van der Waals surface area contributed by atoms with Gasteiger partial charge in [-0.15, -0.1) is 11.6 Å². The Morgan fingerprint density at radius 3 is 2.15 bits per heavy atom. The molecule has 0 saturated carbocycles. The normalized spacial score (nSPS) is 15.9. The molecule has 0 saturated heterocycles. The lowest BCUT2D eigenvalue weighted by molar-refractivity contribution is -0.139. The van der Waals surface area contributed by atoms with Crippen molar-refractivity contribution < 1.29 is 91.4 Å². The number of fused-ring (bicyclic) bond motifs is 1. The van der Waals surface area contributed by atoms with Gasteiger partial charge in [-0.3, -0.25) is 38.5 Å². The second kappa shape index (κ2) is 40.8. The molecule has 1 aliphatic carbocycles. The Kier molecular flexibility index (Phi) is 31.6. The van der Waals surface area contributed by atoms with Gasteiger partial charge in [0.15, 0.2) is 0 Å². The molecule has 7 rings (SSSR count). The Hall–Kier alpha value is -10.9. The van der Waals surface area contributed by atoms with E-state index in [1.54, 1.807) is 73.4 Å². The van der Waals surface area contributed by atoms with Gasteiger partial charge in [-0.05, 0) is 111 Å². The summed E-state index contributed by atoms with van der Waals surface area (Å²) in [6.07, 6.45) is 9.54. The summed E-state index contributed by atoms with van der Waals surface area (Å²) in [4.78, 5) is 155. The van der Waals surface area contributed by atoms with Crippen LogP contribution in [0.2, 0.25) is 0 Å². The summed E-state index contributed by atoms with van der Waals surface area (Å²) < 4.78 is 33.4. The molecule has 0 spiro atoms. The quantitative estimate of drug-likeness (QED) is 0.0102. The van der Waals surface area contributed by atoms with E-state index in [1.165, 1.54) is 59.5 Å². The number of nitrogens with zero attached hydrogens (tertiary/aromatic N) is 5. The number of carbonyl (C=O) groups excluding carboxylic acids is 10. The predicted molar refractivity (Wildman–Crippen MR) is 385 cm³/mol. The number of aliphatic carboxylic acids is 1. The largest absolute Gasteiger partial charge is 0.508 e. The summed E-state index contributed by atoms with van der Waals surface area (Å²) in [5.74, 6) is -4.84. The van der Waals surface area contributed by atoms with Gasteiger partial charge in [-0.25, -0.2) is 24.2 Å². The number of urea groups is 1. The van der Waals surface area contributed by atoms with Crippen LogP contribution in [-0.4, -0.2) is 222 Å². The maximum absolute atomic E-state index is 14.8. The molecular formula is C72H90ClN13O19. The molecule has 564 valence electrons. The molecule has 33 heteroatoms. The first-order chi connectivity index (χ1) is 50.3. The van der Waals surface area contributed by atoms with E-state index in [4.69, 9.17) is 51.5 Å². The van der Waals surface area contributed by atoms with Crippen molar-refractivity contribution in [1.29, 1.82) is 0 Å². The van der Waals surface area contributed by atoms with Crippen molar-refractivity contribution in [3.63, 3.8) is 0 Å². The van der Waals surface area contributed by atoms with Gasteiger partial charge >= 0.3 is 30.3 Å². The number of halogens is 1. The number of ether oxygens (including phenoxy) is 6. The molecule has 105 heavy (non-hydrogen) atoms. The predicted octanol–water partition coefficient (Wildman–Crippen LogP) is 6.32. The van der Waals surface area contributed by atoms with E-state index in [0.717, 1.165) is 16.0 Å². The first-order valence-corrected chi connectivity index (χ1v) is 34.5. The molecule has 12 N–H and O–H groups in total. The Balaban J connectivity index is 0.932. The van der Waals surface area contributed by atoms with Crippen molar-refractivity contribution >= 4 is 99.7 Å². The monoisotopic (exact) mass is 1480 g/mol. The topological polar surface area (TPSA) is 437 Å². The Labute approximate surface area is 611 Å². The second-order valence-electron chi connectivity index (χ2n) is 25.1. The summed E-state index contributed by atoms with van der Waals surface area (Å²) in [7, 11) is 1.47. The van der Waals surface area contributed by atoms with E-state index in [1.807, 2.05) is 13.0 Å². The zero-order chi connectivity index (χ0) is 76.1. The molecule has 0 radical (unpaired) electrons. The molecule has 11 amide bonds. The number of alkyl carbamates (subject to hydrolysis) is 1. The number of unbranched alkanes of at least 4 members (excludes halogenated alkanes) is 1. The Morgan fingerprint density at radius 1 is 0.800 bits per heavy atom. The molecule has 4 aromatic rings. The van der Waals surface area contributed by atoms with Crippen LogP contribution in [0.3, 0.4) is 0 Å². The van der Waals surface area contributed by atoms with Crippen LogP contribution in [0.1, 0.15) is 85.7 Å². The smallest absolute Gasteiger partial charge is 0.415 e. The van der Waals surface area contributed by atoms with Crippen molar-refractivity contribution in [2.24, 2.45) is 23.3 Å². The fraction of sp³-hybridized carbons (Fsp3) is 0.417. The minimum absolute atomic E-state index is 0.00523. The van der Waals surface area contributed by atoms with Gasteiger partial charge in [-0.2, -0.15) is 0 Å². The number of anilines is 2. The second-order valence-corrected chi connectivity index (χ2v) is 25.4. The molecule has 4 atom stereocenters. The van der Waals surface area contributed by atoms with Gasteiger partial charge in [-0.1, -0.05) is 56.4 Å². The molecule has 3 aliphatic rings. The molecule has 32 nitrogen and oxygen atoms in total. The number of aromatic hydroxyl groups is 1. The van der Waals surface area contributed by atoms with Gasteiger partial charge in [0.05, 0.1) is 58.1 Å². The summed E-state index contributed by atoms with van der Waals surface area (Å²) >= 11 is 6.64. The van der Waals surface area contributed by atoms with Crippen LogP contribution in [0.5, 0.6) is 5.75 Å². The van der Waals surface area contributed by atoms with Crippen molar-refractivity contribution in [3.05, 3.63) is 155 Å². The number of imide groups is 1. The highest BCUT2D eigenvalue weighted by molar-refractivity contribution is 6.18. The minimum Gasteiger partial charge on any atom is -0.508 e. The van der Waals surface area contributed by atoms with E-state index < -0.39 is 78.0 Å². The van der Waals surface area contributed by atoms with Gasteiger partial charge in [0, 0.05) is 97.7 Å². The van der Waals surface area contributed by atoms with Gasteiger partial charge in [0.1, 0.15) is 54.2 Å². The number of primary amides is 1. The molecule has 0 fully saturated rings. The van der Waals surface area contributed by atoms with E-state index in [2.05, 4.69) is 43.1 Å². The van der Waals surface area contributed by atoms with Gasteiger partial charge in [0.25, 0.3) is 23.6 Å². The van der Waals surface area contributed by atoms with Crippen molar-refractivity contribution in [1.82, 2.24) is 45.5 Å². The number of carboxylic acid groups (broad SMARTS) is 1. The molecule has 2 aromatic heterocycles. The van der Waals surface area contributed by atoms with Crippen molar-refractivity contribution in [3.8, 4) is 5.75 Å². The lowest BCUT2D eigenvalue weighted by atomic mass is 9.94. The fourth-order valence-electron chi connectivity index (χ4n) is 10.9. The Bertz CT molecular complexity index is 3930. The molecule has 2 aromatic carbocycles. The number of H-pyrrole nitrogens is 1. The highest BCUT2D eigenvalue weighted by Gasteiger charge is 2.37. The van der Waals surface area contributed by atoms with Crippen LogP contribution in [0.25, 0.3) is 11.0 Å². The maximum Gasteiger partial charge on any atom is 0.415 e. The number of nitrogens with one attached hydrogen (secondary N) is 6. The number of rotatable bonds is 38. The highest BCUT2D eigenvalue weighted by Crippen LogP contribution is 2.38. The average Bonchev–Trinajstić information content (AvgIpc) is 1.63. The lowest BCUT2D eigenvalue weighted by Gasteiger charge is -2.26. The van der Waals surface area contributed by atoms with Crippen molar-refractivity contribution in [2.45, 2.75) is 84.0 Å². The number of carboxylic acids is 1. The van der Waals surface area contributed by atoms with Crippen LogP contribution >= 0.6 is 11.6 Å². The summed E-state index contributed by atoms with van der Waals surface area (Å²) in [6, 6.07) is 11.1. The maximum atomic E-state index is 14.8. The summed E-state index contributed by atoms with van der Waals surface area (Å²) in [5.41, 5.74) is 15.5. The van der Waals surface area contributed by atoms with Gasteiger partial charge < -0.3 is 96.4 Å². The first-order valence-electron chi connectivity index (χ1n) is 34.0. The fourth-order valence-corrected chi connectivity index (χ4v) is 11.1. The number of phenolic OH excluding ortho intramolecular Hbond substituents is 1. The average molecular weight is 1480 g/mol. The van der Waals surface area contributed by atoms with E-state index >= 15 is 0 Å². The van der Waals surface area contributed by atoms with Crippen molar-refractivity contribution in [2.75, 3.05) is 109 Å². The van der Waals surface area contributed by atoms with E-state index in [9.17, 15) is 63.0 Å². The number of phenols is 1. The number of carbonyl (C=O) groups is 11. The minimum atomic E-state index is -1.18. The lowest BCUT2D eigenvalue weighted by Crippen LogP contribution is -2.54. The summed E-state index contributed by atoms with van der Waals surface area (Å²) in [6.45, 7) is 10.4. The number of aromatic nitrogens is 2. The standard InChI is InChI=1S/C72H90ClN13O19/c1-44(2)62(82-70(97)103-35-34-102-33-32-101-31-30-100-29-28-85-60(88)22-23-61(85)89)66(92)81-56(13-9-24-76-69(75)96)65(91)78-51-18-14-47(15-19-51)43-104-71(98)83(5)26-27-84(25-7-6-12-55(74)68(94)95)72(99)105-59-39-58-54(36-45(3)10-8-11-46(59)4)50(40-73)42-86(58)67(93)57-38-49-37-52(41-77-63(49)80-57)79-64(90)48-16-20-53(87)21-17-48/h8,10-11,14-23,37-39,41,44,50,55-56,62,87H,4,6-7,9,12-13,24-36,40,42-43,74H2,1-3,5H3,(H,77,80)(H,78,91)(H,79,90)(H,81,92)(H,82,97)(H,94,95)(H3,75,76,96)/b11-8-,45-10-,59-39?/t50-,55+,56+,62+/m1/s1. The number of hydrogen-bond donors (Lipinski definition) is 10. The number of likely N-dealkylation sites (N-methyl/N-ethyl adjacent to an activating group) is 1. The number of alkyl halides is 1. The van der Waals surface area contributed by atoms with E-state index in [0.29, 0.717) is 58.5 Å². The van der Waals surface area contributed by atoms with Crippen LogP contribution in [0, 0.1) is 11.8 Å². The molecular weight excluding hydrogens is 1390 g/mol. The number of aromatic amines is 1. The number of allylic oxidation sites excluding steroid dienone is 5. The van der Waals surface area contributed by atoms with E-state index in [-0.39, 0.29) is 158 Å². The zero-order valence-electron chi connectivity index (χ0n) is 58.9. The molecule has 0 unspecified atom stereocenters. The third-order valence-electron chi connectivity index (χ3n) is 16.7. The number of nitrogens with two attached hydrogens (primary N) is 2. The zero-order valence-corrected chi connectivity index (χ0v) is 59.6.